The van der Waals surface area contributed by atoms with Gasteiger partial charge in [0.25, 0.3) is 5.91 Å². The highest BCUT2D eigenvalue weighted by Crippen LogP contribution is 2.23. The molecule has 0 aliphatic heterocycles. The van der Waals surface area contributed by atoms with Gasteiger partial charge in [0.15, 0.2) is 0 Å². The van der Waals surface area contributed by atoms with Crippen molar-refractivity contribution in [3.8, 4) is 0 Å². The zero-order valence-corrected chi connectivity index (χ0v) is 12.6. The van der Waals surface area contributed by atoms with E-state index in [1.165, 1.54) is 32.1 Å². The Bertz CT molecular complexity index is 442. The summed E-state index contributed by atoms with van der Waals surface area (Å²) < 4.78 is 0.875. The lowest BCUT2D eigenvalue weighted by molar-refractivity contribution is 0.0940. The van der Waals surface area contributed by atoms with Crippen molar-refractivity contribution in [2.45, 2.75) is 38.7 Å². The number of aliphatic hydroxyl groups excluding tert-OH is 1. The lowest BCUT2D eigenvalue weighted by atomic mass is 9.89. The number of hydrogen-bond acceptors (Lipinski definition) is 2. The SMILES string of the molecule is O=C(NCC1CCCCC1)c1ccc(Br)cc1CO. The first kappa shape index (κ1) is 14.5. The van der Waals surface area contributed by atoms with E-state index >= 15 is 0 Å². The van der Waals surface area contributed by atoms with E-state index < -0.39 is 0 Å². The molecular weight excluding hydrogens is 306 g/mol. The maximum atomic E-state index is 12.1. The number of rotatable bonds is 4. The van der Waals surface area contributed by atoms with Crippen LogP contribution in [0.15, 0.2) is 22.7 Å². The van der Waals surface area contributed by atoms with Crippen molar-refractivity contribution in [2.75, 3.05) is 6.54 Å². The molecule has 0 radical (unpaired) electrons. The Labute approximate surface area is 122 Å². The highest BCUT2D eigenvalue weighted by Gasteiger charge is 2.16. The number of carbonyl (C=O) groups is 1. The lowest BCUT2D eigenvalue weighted by Gasteiger charge is -2.22. The molecule has 0 aromatic heterocycles. The number of hydrogen-bond donors (Lipinski definition) is 2. The van der Waals surface area contributed by atoms with Gasteiger partial charge in [-0.3, -0.25) is 4.79 Å². The smallest absolute Gasteiger partial charge is 0.251 e. The fraction of sp³-hybridized carbons (Fsp3) is 0.533. The molecule has 1 aliphatic rings. The van der Waals surface area contributed by atoms with Gasteiger partial charge in [0, 0.05) is 16.6 Å². The first-order valence-corrected chi connectivity index (χ1v) is 7.67. The molecule has 1 amide bonds. The Morgan fingerprint density at radius 3 is 2.74 bits per heavy atom. The van der Waals surface area contributed by atoms with Gasteiger partial charge >= 0.3 is 0 Å². The minimum absolute atomic E-state index is 0.0814. The van der Waals surface area contributed by atoms with Crippen molar-refractivity contribution in [1.82, 2.24) is 5.32 Å². The molecule has 0 bridgehead atoms. The first-order chi connectivity index (χ1) is 9.20. The van der Waals surface area contributed by atoms with Crippen LogP contribution in [-0.4, -0.2) is 17.6 Å². The topological polar surface area (TPSA) is 49.3 Å². The van der Waals surface area contributed by atoms with Gasteiger partial charge in [-0.15, -0.1) is 0 Å². The van der Waals surface area contributed by atoms with Gasteiger partial charge < -0.3 is 10.4 Å². The van der Waals surface area contributed by atoms with Crippen molar-refractivity contribution in [1.29, 1.82) is 0 Å². The molecule has 0 spiro atoms. The number of halogens is 1. The van der Waals surface area contributed by atoms with Crippen molar-refractivity contribution in [3.63, 3.8) is 0 Å². The Morgan fingerprint density at radius 2 is 2.05 bits per heavy atom. The quantitative estimate of drug-likeness (QED) is 0.892. The molecule has 19 heavy (non-hydrogen) atoms. The van der Waals surface area contributed by atoms with Crippen LogP contribution in [0.5, 0.6) is 0 Å². The molecule has 0 atom stereocenters. The van der Waals surface area contributed by atoms with Gasteiger partial charge in [-0.05, 0) is 42.5 Å². The molecular formula is C15H20BrNO2. The summed E-state index contributed by atoms with van der Waals surface area (Å²) in [5.41, 5.74) is 1.23. The van der Waals surface area contributed by atoms with Gasteiger partial charge in [-0.1, -0.05) is 35.2 Å². The average molecular weight is 326 g/mol. The van der Waals surface area contributed by atoms with Crippen molar-refractivity contribution in [3.05, 3.63) is 33.8 Å². The molecule has 3 nitrogen and oxygen atoms in total. The zero-order chi connectivity index (χ0) is 13.7. The Kier molecular flexibility index (Phi) is 5.40. The van der Waals surface area contributed by atoms with E-state index in [0.717, 1.165) is 11.0 Å². The maximum Gasteiger partial charge on any atom is 0.251 e. The molecule has 0 saturated heterocycles. The molecule has 1 aromatic rings. The Morgan fingerprint density at radius 1 is 1.32 bits per heavy atom. The monoisotopic (exact) mass is 325 g/mol. The van der Waals surface area contributed by atoms with Gasteiger partial charge in [0.05, 0.1) is 6.61 Å². The van der Waals surface area contributed by atoms with E-state index in [1.54, 1.807) is 12.1 Å². The second-order valence-electron chi connectivity index (χ2n) is 5.17. The van der Waals surface area contributed by atoms with Crippen LogP contribution in [0.2, 0.25) is 0 Å². The van der Waals surface area contributed by atoms with Crippen molar-refractivity contribution in [2.24, 2.45) is 5.92 Å². The number of amides is 1. The summed E-state index contributed by atoms with van der Waals surface area (Å²) in [7, 11) is 0. The molecule has 0 heterocycles. The van der Waals surface area contributed by atoms with E-state index in [2.05, 4.69) is 21.2 Å². The normalized spacial score (nSPS) is 16.3. The van der Waals surface area contributed by atoms with E-state index in [-0.39, 0.29) is 12.5 Å². The number of nitrogens with one attached hydrogen (secondary N) is 1. The summed E-state index contributed by atoms with van der Waals surface area (Å²) in [6.07, 6.45) is 6.31. The standard InChI is InChI=1S/C15H20BrNO2/c16-13-6-7-14(12(8-13)10-18)15(19)17-9-11-4-2-1-3-5-11/h6-8,11,18H,1-5,9-10H2,(H,17,19). The van der Waals surface area contributed by atoms with Crippen LogP contribution in [0.25, 0.3) is 0 Å². The van der Waals surface area contributed by atoms with Crippen LogP contribution >= 0.6 is 15.9 Å². The summed E-state index contributed by atoms with van der Waals surface area (Å²) in [5, 5.41) is 12.3. The second kappa shape index (κ2) is 7.06. The average Bonchev–Trinajstić information content (AvgIpc) is 2.45. The predicted octanol–water partition coefficient (Wildman–Crippen LogP) is 3.25. The van der Waals surface area contributed by atoms with Crippen LogP contribution in [0.1, 0.15) is 48.0 Å². The minimum atomic E-state index is -0.119. The molecule has 1 fully saturated rings. The Balaban J connectivity index is 1.95. The second-order valence-corrected chi connectivity index (χ2v) is 6.09. The van der Waals surface area contributed by atoms with Crippen LogP contribution in [0, 0.1) is 5.92 Å². The van der Waals surface area contributed by atoms with Crippen LogP contribution in [0.3, 0.4) is 0 Å². The number of benzene rings is 1. The van der Waals surface area contributed by atoms with Crippen LogP contribution in [-0.2, 0) is 6.61 Å². The van der Waals surface area contributed by atoms with Crippen molar-refractivity contribution >= 4 is 21.8 Å². The van der Waals surface area contributed by atoms with E-state index in [4.69, 9.17) is 0 Å². The maximum absolute atomic E-state index is 12.1. The van der Waals surface area contributed by atoms with Gasteiger partial charge in [0.1, 0.15) is 0 Å². The minimum Gasteiger partial charge on any atom is -0.392 e. The van der Waals surface area contributed by atoms with Gasteiger partial charge in [-0.2, -0.15) is 0 Å². The van der Waals surface area contributed by atoms with Gasteiger partial charge in [0.2, 0.25) is 0 Å². The predicted molar refractivity (Wildman–Crippen MR) is 79.0 cm³/mol. The van der Waals surface area contributed by atoms with E-state index in [0.29, 0.717) is 17.0 Å². The lowest BCUT2D eigenvalue weighted by Crippen LogP contribution is -2.30. The van der Waals surface area contributed by atoms with Crippen LogP contribution in [0.4, 0.5) is 0 Å². The number of aliphatic hydroxyl groups is 1. The van der Waals surface area contributed by atoms with Gasteiger partial charge in [-0.25, -0.2) is 0 Å². The molecule has 1 aliphatic carbocycles. The summed E-state index contributed by atoms with van der Waals surface area (Å²) >= 11 is 3.34. The third kappa shape index (κ3) is 4.05. The molecule has 2 rings (SSSR count). The fourth-order valence-corrected chi connectivity index (χ4v) is 3.05. The summed E-state index contributed by atoms with van der Waals surface area (Å²) in [6.45, 7) is 0.630. The summed E-state index contributed by atoms with van der Waals surface area (Å²) in [6, 6.07) is 5.37. The van der Waals surface area contributed by atoms with E-state index in [9.17, 15) is 9.90 Å². The largest absolute Gasteiger partial charge is 0.392 e. The number of carbonyl (C=O) groups excluding carboxylic acids is 1. The summed E-state index contributed by atoms with van der Waals surface area (Å²) in [4.78, 5) is 12.1. The zero-order valence-electron chi connectivity index (χ0n) is 11.0. The molecule has 4 heteroatoms. The molecule has 0 unspecified atom stereocenters. The molecule has 2 N–H and O–H groups in total. The first-order valence-electron chi connectivity index (χ1n) is 6.88. The third-order valence-electron chi connectivity index (χ3n) is 3.76. The summed E-state index contributed by atoms with van der Waals surface area (Å²) in [5.74, 6) is 0.535. The Hall–Kier alpha value is -0.870. The van der Waals surface area contributed by atoms with E-state index in [1.807, 2.05) is 6.07 Å². The third-order valence-corrected chi connectivity index (χ3v) is 4.25. The highest BCUT2D eigenvalue weighted by molar-refractivity contribution is 9.10. The molecule has 104 valence electrons. The molecule has 1 saturated carbocycles. The molecule has 1 aromatic carbocycles. The van der Waals surface area contributed by atoms with Crippen LogP contribution < -0.4 is 5.32 Å². The fourth-order valence-electron chi connectivity index (χ4n) is 2.64. The highest BCUT2D eigenvalue weighted by atomic mass is 79.9. The van der Waals surface area contributed by atoms with Crippen molar-refractivity contribution < 1.29 is 9.90 Å².